The van der Waals surface area contributed by atoms with E-state index in [1.54, 1.807) is 158 Å². The molecule has 0 aliphatic heterocycles. The molecule has 0 N–H and O–H groups in total. The van der Waals surface area contributed by atoms with Gasteiger partial charge in [0.2, 0.25) is 0 Å². The standard InChI is InChI=1S/C69H48N4O12/c70-41-59-51(33-19-35-57(59)49-21-7-1-8-22-49)37-39-63(74)82-78-45-69(46-79-83-64(75)40-38-52-34-20-36-58(60(52)42-71)50-23-9-2-10-24-50,47-80-84-67(76)61(43-72)65(53-25-11-3-12-26-53)54-27-13-4-14-28-54)48-81-85-68(77)62(44-73)66(55-29-15-5-16-30-55)56-31-17-6-18-32-56/h1-40H,45-48H2. The molecule has 0 aliphatic carbocycles. The molecule has 85 heavy (non-hydrogen) atoms. The Kier molecular flexibility index (Phi) is 21.2. The van der Waals surface area contributed by atoms with Gasteiger partial charge in [0.15, 0.2) is 0 Å². The van der Waals surface area contributed by atoms with E-state index in [4.69, 9.17) is 39.1 Å². The van der Waals surface area contributed by atoms with Crippen molar-refractivity contribution in [2.75, 3.05) is 26.4 Å². The van der Waals surface area contributed by atoms with Crippen LogP contribution in [0.25, 0.3) is 45.6 Å². The summed E-state index contributed by atoms with van der Waals surface area (Å²) >= 11 is 0. The summed E-state index contributed by atoms with van der Waals surface area (Å²) in [6.07, 6.45) is 4.70. The first-order chi connectivity index (χ1) is 41.6. The molecule has 16 nitrogen and oxygen atoms in total. The molecule has 0 fully saturated rings. The third-order valence-electron chi connectivity index (χ3n) is 12.8. The molecule has 8 aromatic rings. The maximum absolute atomic E-state index is 14.0. The van der Waals surface area contributed by atoms with Crippen LogP contribution in [-0.2, 0) is 58.3 Å². The van der Waals surface area contributed by atoms with Gasteiger partial charge in [0.1, 0.15) is 61.9 Å². The molecule has 8 rings (SSSR count). The predicted octanol–water partition coefficient (Wildman–Crippen LogP) is 12.4. The Morgan fingerprint density at radius 1 is 0.365 bits per heavy atom. The highest BCUT2D eigenvalue weighted by atomic mass is 17.2. The molecule has 416 valence electrons. The molecule has 16 heteroatoms. The molecule has 0 atom stereocenters. The molecule has 0 saturated heterocycles. The lowest BCUT2D eigenvalue weighted by atomic mass is 9.92. The SMILES string of the molecule is N#CC(C(=O)OOCC(COOC(=O)C=Cc1cccc(-c2ccccc2)c1C#N)(COOC(=O)C=Cc1cccc(-c2ccccc2)c1C#N)COOC(=O)C(C#N)=C(c1ccccc1)c1ccccc1)=C(c1ccccc1)c1ccccc1. The minimum Gasteiger partial charge on any atom is -0.293 e. The van der Waals surface area contributed by atoms with Crippen molar-refractivity contribution in [3.05, 3.63) is 286 Å². The topological polar surface area (TPSA) is 237 Å². The van der Waals surface area contributed by atoms with E-state index >= 15 is 0 Å². The van der Waals surface area contributed by atoms with Crippen LogP contribution in [-0.4, -0.2) is 50.3 Å². The van der Waals surface area contributed by atoms with E-state index in [-0.39, 0.29) is 22.3 Å². The maximum atomic E-state index is 14.0. The molecule has 8 aromatic carbocycles. The number of hydrogen-bond donors (Lipinski definition) is 0. The van der Waals surface area contributed by atoms with Crippen molar-refractivity contribution in [1.29, 1.82) is 21.0 Å². The normalized spacial score (nSPS) is 10.8. The third kappa shape index (κ3) is 15.9. The second kappa shape index (κ2) is 30.3. The van der Waals surface area contributed by atoms with E-state index in [0.717, 1.165) is 23.3 Å². The fraction of sp³-hybridized carbons (Fsp3) is 0.0725. The van der Waals surface area contributed by atoms with Crippen LogP contribution in [0.2, 0.25) is 0 Å². The highest BCUT2D eigenvalue weighted by molar-refractivity contribution is 6.06. The first-order valence-electron chi connectivity index (χ1n) is 26.0. The monoisotopic (exact) mass is 1120 g/mol. The minimum absolute atomic E-state index is 0.208. The number of carbonyl (C=O) groups is 4. The summed E-state index contributed by atoms with van der Waals surface area (Å²) in [6, 6.07) is 71.2. The van der Waals surface area contributed by atoms with Gasteiger partial charge in [-0.15, -0.1) is 0 Å². The summed E-state index contributed by atoms with van der Waals surface area (Å²) in [7, 11) is 0. The summed E-state index contributed by atoms with van der Waals surface area (Å²) in [6.45, 7) is -3.39. The van der Waals surface area contributed by atoms with Crippen molar-refractivity contribution >= 4 is 47.2 Å². The van der Waals surface area contributed by atoms with E-state index in [1.165, 1.54) is 12.2 Å². The van der Waals surface area contributed by atoms with Crippen LogP contribution >= 0.6 is 0 Å². The Morgan fingerprint density at radius 2 is 0.659 bits per heavy atom. The van der Waals surface area contributed by atoms with E-state index in [9.17, 15) is 40.2 Å². The minimum atomic E-state index is -2.00. The smallest absolute Gasteiger partial charge is 0.293 e. The molecule has 0 unspecified atom stereocenters. The number of benzene rings is 8. The largest absolute Gasteiger partial charge is 0.384 e. The Morgan fingerprint density at radius 3 is 0.953 bits per heavy atom. The lowest BCUT2D eigenvalue weighted by Crippen LogP contribution is -2.42. The molecule has 0 spiro atoms. The predicted molar refractivity (Wildman–Crippen MR) is 311 cm³/mol. The van der Waals surface area contributed by atoms with Crippen LogP contribution < -0.4 is 0 Å². The van der Waals surface area contributed by atoms with Crippen molar-refractivity contribution in [2.24, 2.45) is 5.41 Å². The van der Waals surface area contributed by atoms with Crippen molar-refractivity contribution in [3.8, 4) is 46.5 Å². The number of nitrogens with zero attached hydrogens (tertiary/aromatic N) is 4. The molecular formula is C69H48N4O12. The summed E-state index contributed by atoms with van der Waals surface area (Å²) in [5.41, 5.74) is 3.52. The highest BCUT2D eigenvalue weighted by Crippen LogP contribution is 2.32. The van der Waals surface area contributed by atoms with E-state index in [1.807, 2.05) is 72.8 Å². The summed E-state index contributed by atoms with van der Waals surface area (Å²) in [5.74, 6) is -4.66. The van der Waals surface area contributed by atoms with Gasteiger partial charge >= 0.3 is 23.9 Å². The molecule has 0 saturated carbocycles. The zero-order chi connectivity index (χ0) is 59.6. The van der Waals surface area contributed by atoms with Crippen LogP contribution in [0.3, 0.4) is 0 Å². The molecule has 0 amide bonds. The fourth-order valence-electron chi connectivity index (χ4n) is 8.67. The van der Waals surface area contributed by atoms with Gasteiger partial charge in [-0.1, -0.05) is 218 Å². The molecule has 0 aliphatic rings. The quantitative estimate of drug-likeness (QED) is 0.0237. The van der Waals surface area contributed by atoms with E-state index < -0.39 is 66.9 Å². The summed E-state index contributed by atoms with van der Waals surface area (Å²) in [4.78, 5) is 97.9. The van der Waals surface area contributed by atoms with Crippen molar-refractivity contribution in [2.45, 2.75) is 0 Å². The van der Waals surface area contributed by atoms with Gasteiger partial charge in [0, 0.05) is 34.4 Å². The van der Waals surface area contributed by atoms with E-state index in [0.29, 0.717) is 44.5 Å². The Labute approximate surface area is 489 Å². The lowest BCUT2D eigenvalue weighted by Gasteiger charge is -2.29. The molecule has 0 aromatic heterocycles. The number of carbonyl (C=O) groups excluding carboxylic acids is 4. The summed E-state index contributed by atoms with van der Waals surface area (Å²) < 4.78 is 0. The van der Waals surface area contributed by atoms with Crippen LogP contribution in [0, 0.1) is 50.7 Å². The lowest BCUT2D eigenvalue weighted by molar-refractivity contribution is -0.359. The number of hydrogen-bond acceptors (Lipinski definition) is 16. The van der Waals surface area contributed by atoms with Gasteiger partial charge in [-0.25, -0.2) is 19.2 Å². The van der Waals surface area contributed by atoms with Crippen molar-refractivity contribution < 1.29 is 58.3 Å². The Balaban J connectivity index is 1.10. The maximum Gasteiger partial charge on any atom is 0.384 e. The molecule has 0 heterocycles. The third-order valence-corrected chi connectivity index (χ3v) is 12.8. The molecule has 0 radical (unpaired) electrons. The van der Waals surface area contributed by atoms with Gasteiger partial charge in [0.25, 0.3) is 0 Å². The van der Waals surface area contributed by atoms with Crippen molar-refractivity contribution in [1.82, 2.24) is 0 Å². The van der Waals surface area contributed by atoms with E-state index in [2.05, 4.69) is 12.1 Å². The Bertz CT molecular complexity index is 3610. The molecule has 0 bridgehead atoms. The van der Waals surface area contributed by atoms with Gasteiger partial charge < -0.3 is 0 Å². The average molecular weight is 1130 g/mol. The highest BCUT2D eigenvalue weighted by Gasteiger charge is 2.38. The second-order valence-electron chi connectivity index (χ2n) is 18.4. The van der Waals surface area contributed by atoms with Crippen LogP contribution in [0.15, 0.2) is 242 Å². The van der Waals surface area contributed by atoms with Crippen LogP contribution in [0.5, 0.6) is 0 Å². The van der Waals surface area contributed by atoms with Gasteiger partial charge in [-0.05, 0) is 56.7 Å². The van der Waals surface area contributed by atoms with Gasteiger partial charge in [0.05, 0.1) is 16.5 Å². The summed E-state index contributed by atoms with van der Waals surface area (Å²) in [5, 5.41) is 41.3. The average Bonchev–Trinajstić information content (AvgIpc) is 3.74. The number of rotatable bonds is 24. The zero-order valence-corrected chi connectivity index (χ0v) is 45.1. The van der Waals surface area contributed by atoms with Crippen LogP contribution in [0.1, 0.15) is 44.5 Å². The number of nitriles is 4. The van der Waals surface area contributed by atoms with Gasteiger partial charge in [-0.3, -0.25) is 19.6 Å². The first-order valence-corrected chi connectivity index (χ1v) is 26.0. The molecular weight excluding hydrogens is 1080 g/mol. The van der Waals surface area contributed by atoms with Crippen molar-refractivity contribution in [3.63, 3.8) is 0 Å². The van der Waals surface area contributed by atoms with Gasteiger partial charge in [-0.2, -0.15) is 40.6 Å². The first kappa shape index (κ1) is 59.5. The zero-order valence-electron chi connectivity index (χ0n) is 45.1. The fourth-order valence-corrected chi connectivity index (χ4v) is 8.67. The van der Waals surface area contributed by atoms with Crippen LogP contribution in [0.4, 0.5) is 0 Å². The Hall–Kier alpha value is -11.6. The second-order valence-corrected chi connectivity index (χ2v) is 18.4.